The maximum absolute atomic E-state index is 13.4. The van der Waals surface area contributed by atoms with E-state index in [0.717, 1.165) is 15.2 Å². The minimum Gasteiger partial charge on any atom is -0.457 e. The van der Waals surface area contributed by atoms with Gasteiger partial charge in [0.1, 0.15) is 23.0 Å². The van der Waals surface area contributed by atoms with Gasteiger partial charge >= 0.3 is 6.18 Å². The molecule has 2 heterocycles. The number of aromatic nitrogens is 2. The Kier molecular flexibility index (Phi) is 6.33. The molecule has 0 spiro atoms. The van der Waals surface area contributed by atoms with Crippen LogP contribution in [0.15, 0.2) is 92.0 Å². The van der Waals surface area contributed by atoms with Gasteiger partial charge in [0.2, 0.25) is 0 Å². The van der Waals surface area contributed by atoms with Gasteiger partial charge in [-0.25, -0.2) is 4.57 Å². The van der Waals surface area contributed by atoms with E-state index in [1.54, 1.807) is 26.0 Å². The van der Waals surface area contributed by atoms with E-state index in [1.807, 2.05) is 0 Å². The van der Waals surface area contributed by atoms with Crippen LogP contribution >= 0.6 is 0 Å². The number of aryl methyl sites for hydroxylation is 2. The van der Waals surface area contributed by atoms with Gasteiger partial charge in [-0.05, 0) is 86.1 Å². The summed E-state index contributed by atoms with van der Waals surface area (Å²) in [4.78, 5) is 51.2. The number of fused-ring (bicyclic) bond motifs is 2. The minimum absolute atomic E-state index is 0.0356. The van der Waals surface area contributed by atoms with E-state index >= 15 is 0 Å². The molecule has 0 aliphatic rings. The molecule has 0 aliphatic carbocycles. The van der Waals surface area contributed by atoms with Crippen molar-refractivity contribution in [1.82, 2.24) is 9.13 Å². The highest BCUT2D eigenvalue weighted by Gasteiger charge is 2.34. The van der Waals surface area contributed by atoms with E-state index in [4.69, 9.17) is 9.47 Å². The maximum Gasteiger partial charge on any atom is 0.419 e. The second-order valence-electron chi connectivity index (χ2n) is 10.2. The smallest absolute Gasteiger partial charge is 0.419 e. The summed E-state index contributed by atoms with van der Waals surface area (Å²) in [5.41, 5.74) is -1.89. The molecule has 2 aromatic heterocycles. The Bertz CT molecular complexity index is 2210. The van der Waals surface area contributed by atoms with Crippen LogP contribution in [0.5, 0.6) is 23.0 Å². The van der Waals surface area contributed by atoms with Gasteiger partial charge < -0.3 is 9.47 Å². The third-order valence-corrected chi connectivity index (χ3v) is 7.23. The Hall–Kier alpha value is -5.45. The lowest BCUT2D eigenvalue weighted by Gasteiger charge is -2.15. The van der Waals surface area contributed by atoms with Gasteiger partial charge in [0.15, 0.2) is 0 Å². The van der Waals surface area contributed by atoms with Crippen LogP contribution in [0.1, 0.15) is 16.7 Å². The number of hydrogen-bond acceptors (Lipinski definition) is 6. The molecule has 6 aromatic rings. The predicted molar refractivity (Wildman–Crippen MR) is 155 cm³/mol. The first kappa shape index (κ1) is 27.7. The number of alkyl halides is 3. The van der Waals surface area contributed by atoms with Crippen molar-refractivity contribution in [2.24, 2.45) is 7.05 Å². The molecular formula is C32H21F3N2O6. The van der Waals surface area contributed by atoms with Crippen molar-refractivity contribution in [1.29, 1.82) is 0 Å². The molecule has 0 radical (unpaired) electrons. The van der Waals surface area contributed by atoms with Crippen LogP contribution in [0, 0.1) is 13.8 Å². The molecule has 0 fully saturated rings. The number of ether oxygens (including phenoxy) is 2. The lowest BCUT2D eigenvalue weighted by Crippen LogP contribution is -2.23. The largest absolute Gasteiger partial charge is 0.457 e. The summed E-state index contributed by atoms with van der Waals surface area (Å²) in [6.45, 7) is 3.28. The van der Waals surface area contributed by atoms with Gasteiger partial charge in [-0.2, -0.15) is 13.2 Å². The fourth-order valence-electron chi connectivity index (χ4n) is 5.00. The van der Waals surface area contributed by atoms with E-state index < -0.39 is 34.0 Å². The van der Waals surface area contributed by atoms with E-state index in [1.165, 1.54) is 61.6 Å². The number of rotatable bonds is 5. The lowest BCUT2D eigenvalue weighted by molar-refractivity contribution is -0.138. The number of benzene rings is 4. The van der Waals surface area contributed by atoms with Gasteiger partial charge in [-0.15, -0.1) is 0 Å². The number of hydrogen-bond donors (Lipinski definition) is 0. The molecule has 0 saturated carbocycles. The van der Waals surface area contributed by atoms with E-state index in [-0.39, 0.29) is 38.7 Å². The van der Waals surface area contributed by atoms with E-state index in [2.05, 4.69) is 0 Å². The SMILES string of the molecule is Cc1ccc(Oc2ccc(Oc3ccc(-n4c(=O)c5cc6c(=O)n(C)c(=O)c6cc5c4=O)cc3C)cc2)c(C(F)(F)F)c1. The first-order valence-electron chi connectivity index (χ1n) is 13.0. The summed E-state index contributed by atoms with van der Waals surface area (Å²) in [5, 5.41) is 0.220. The summed E-state index contributed by atoms with van der Waals surface area (Å²) in [5.74, 6) is 0.643. The minimum atomic E-state index is -4.57. The highest BCUT2D eigenvalue weighted by atomic mass is 19.4. The van der Waals surface area contributed by atoms with Gasteiger partial charge in [-0.1, -0.05) is 11.6 Å². The van der Waals surface area contributed by atoms with Gasteiger partial charge in [0, 0.05) is 7.05 Å². The summed E-state index contributed by atoms with van der Waals surface area (Å²) in [6.07, 6.45) is -4.57. The Balaban J connectivity index is 1.27. The molecule has 43 heavy (non-hydrogen) atoms. The van der Waals surface area contributed by atoms with Gasteiger partial charge in [-0.3, -0.25) is 23.7 Å². The average molecular weight is 587 g/mol. The van der Waals surface area contributed by atoms with Crippen LogP contribution in [-0.2, 0) is 13.2 Å². The zero-order chi connectivity index (χ0) is 30.8. The normalized spacial score (nSPS) is 11.9. The van der Waals surface area contributed by atoms with Crippen LogP contribution in [-0.4, -0.2) is 9.13 Å². The number of halogens is 3. The standard InChI is InChI=1S/C32H21F3N2O6/c1-16-4-10-27(25(12-16)32(33,34)35)43-20-8-6-19(7-9-20)42-26-11-5-18(13-17(26)2)37-30(40)23-14-21-22(15-24(23)31(37)41)29(39)36(3)28(21)38/h4-15H,1-3H3. The Morgan fingerprint density at radius 2 is 1.09 bits per heavy atom. The fourth-order valence-corrected chi connectivity index (χ4v) is 5.00. The monoisotopic (exact) mass is 586 g/mol. The first-order chi connectivity index (χ1) is 20.3. The average Bonchev–Trinajstić information content (AvgIpc) is 3.33. The van der Waals surface area contributed by atoms with Crippen molar-refractivity contribution >= 4 is 21.5 Å². The maximum atomic E-state index is 13.4. The van der Waals surface area contributed by atoms with Crippen LogP contribution in [0.2, 0.25) is 0 Å². The molecule has 4 aromatic carbocycles. The van der Waals surface area contributed by atoms with Crippen molar-refractivity contribution in [2.75, 3.05) is 0 Å². The van der Waals surface area contributed by atoms with Crippen LogP contribution < -0.4 is 31.7 Å². The Labute approximate surface area is 240 Å². The Morgan fingerprint density at radius 3 is 1.60 bits per heavy atom. The Morgan fingerprint density at radius 1 is 0.605 bits per heavy atom. The number of nitrogens with zero attached hydrogens (tertiary/aromatic N) is 2. The van der Waals surface area contributed by atoms with Gasteiger partial charge in [0.25, 0.3) is 22.2 Å². The third-order valence-electron chi connectivity index (χ3n) is 7.23. The quantitative estimate of drug-likeness (QED) is 0.259. The van der Waals surface area contributed by atoms with E-state index in [9.17, 15) is 32.3 Å². The zero-order valence-corrected chi connectivity index (χ0v) is 22.9. The molecule has 0 bridgehead atoms. The molecule has 0 N–H and O–H groups in total. The van der Waals surface area contributed by atoms with Crippen LogP contribution in [0.3, 0.4) is 0 Å². The van der Waals surface area contributed by atoms with E-state index in [0.29, 0.717) is 22.6 Å². The molecule has 0 atom stereocenters. The molecule has 216 valence electrons. The fraction of sp³-hybridized carbons (Fsp3) is 0.125. The zero-order valence-electron chi connectivity index (χ0n) is 22.9. The molecule has 0 unspecified atom stereocenters. The highest BCUT2D eigenvalue weighted by molar-refractivity contribution is 5.98. The first-order valence-corrected chi connectivity index (χ1v) is 13.0. The lowest BCUT2D eigenvalue weighted by atomic mass is 10.1. The second kappa shape index (κ2) is 9.83. The summed E-state index contributed by atoms with van der Waals surface area (Å²) < 4.78 is 53.6. The molecule has 0 amide bonds. The second-order valence-corrected chi connectivity index (χ2v) is 10.2. The van der Waals surface area contributed by atoms with Gasteiger partial charge in [0.05, 0.1) is 32.8 Å². The molecule has 8 nitrogen and oxygen atoms in total. The van der Waals surface area contributed by atoms with Crippen LogP contribution in [0.4, 0.5) is 13.2 Å². The molecule has 6 rings (SSSR count). The van der Waals surface area contributed by atoms with Crippen molar-refractivity contribution in [3.8, 4) is 28.7 Å². The van der Waals surface area contributed by atoms with Crippen LogP contribution in [0.25, 0.3) is 27.2 Å². The summed E-state index contributed by atoms with van der Waals surface area (Å²) >= 11 is 0. The molecule has 0 aliphatic heterocycles. The summed E-state index contributed by atoms with van der Waals surface area (Å²) in [6, 6.07) is 17.1. The molecular weight excluding hydrogens is 565 g/mol. The van der Waals surface area contributed by atoms with Crippen molar-refractivity contribution in [2.45, 2.75) is 20.0 Å². The van der Waals surface area contributed by atoms with Crippen molar-refractivity contribution in [3.05, 3.63) is 131 Å². The topological polar surface area (TPSA) is 96.6 Å². The van der Waals surface area contributed by atoms with Crippen molar-refractivity contribution < 1.29 is 22.6 Å². The summed E-state index contributed by atoms with van der Waals surface area (Å²) in [7, 11) is 1.33. The van der Waals surface area contributed by atoms with Crippen molar-refractivity contribution in [3.63, 3.8) is 0 Å². The molecule has 0 saturated heterocycles. The highest BCUT2D eigenvalue weighted by Crippen LogP contribution is 2.39. The third kappa shape index (κ3) is 4.68. The molecule has 11 heteroatoms. The predicted octanol–water partition coefficient (Wildman–Crippen LogP) is 5.66.